The van der Waals surface area contributed by atoms with Gasteiger partial charge in [-0.05, 0) is 12.5 Å². The van der Waals surface area contributed by atoms with Gasteiger partial charge in [-0.15, -0.1) is 0 Å². The van der Waals surface area contributed by atoms with E-state index in [2.05, 4.69) is 0 Å². The number of carbonyl (C=O) groups is 3. The predicted molar refractivity (Wildman–Crippen MR) is 71.1 cm³/mol. The van der Waals surface area contributed by atoms with Crippen LogP contribution in [-0.4, -0.2) is 40.9 Å². The third-order valence-corrected chi connectivity index (χ3v) is 2.69. The average molecular weight is 279 g/mol. The fourth-order valence-corrected chi connectivity index (χ4v) is 1.55. The number of carboxylic acid groups (broad SMARTS) is 1. The highest BCUT2D eigenvalue weighted by atomic mass is 16.6. The van der Waals surface area contributed by atoms with Crippen LogP contribution in [0, 0.1) is 0 Å². The highest BCUT2D eigenvalue weighted by molar-refractivity contribution is 5.74. The lowest BCUT2D eigenvalue weighted by atomic mass is 10.2. The second-order valence-corrected chi connectivity index (χ2v) is 4.25. The van der Waals surface area contributed by atoms with Gasteiger partial charge < -0.3 is 14.6 Å². The second-order valence-electron chi connectivity index (χ2n) is 4.25. The molecule has 0 saturated carbocycles. The Hall–Kier alpha value is -2.37. The first-order valence-electron chi connectivity index (χ1n) is 6.19. The fraction of sp³-hybridized carbons (Fsp3) is 0.357. The van der Waals surface area contributed by atoms with Crippen LogP contribution in [0.25, 0.3) is 0 Å². The Kier molecular flexibility index (Phi) is 6.22. The summed E-state index contributed by atoms with van der Waals surface area (Å²) in [4.78, 5) is 34.3. The lowest BCUT2D eigenvalue weighted by Gasteiger charge is -2.24. The van der Waals surface area contributed by atoms with E-state index >= 15 is 0 Å². The number of aliphatic carboxylic acids is 1. The quantitative estimate of drug-likeness (QED) is 0.768. The summed E-state index contributed by atoms with van der Waals surface area (Å²) in [5.41, 5.74) is 0.817. The summed E-state index contributed by atoms with van der Waals surface area (Å²) in [6.07, 6.45) is -0.362. The Balaban J connectivity index is 2.58. The maximum Gasteiger partial charge on any atom is 0.410 e. The van der Waals surface area contributed by atoms with E-state index in [1.54, 1.807) is 12.1 Å². The van der Waals surface area contributed by atoms with Crippen molar-refractivity contribution in [2.75, 3.05) is 6.54 Å². The summed E-state index contributed by atoms with van der Waals surface area (Å²) in [6, 6.07) is 8.37. The van der Waals surface area contributed by atoms with Crippen LogP contribution in [-0.2, 0) is 20.9 Å². The molecule has 0 radical (unpaired) electrons. The molecule has 1 aromatic rings. The number of carboxylic acids is 1. The Labute approximate surface area is 117 Å². The van der Waals surface area contributed by atoms with Crippen LogP contribution >= 0.6 is 0 Å². The maximum absolute atomic E-state index is 11.9. The van der Waals surface area contributed by atoms with Gasteiger partial charge in [0.2, 0.25) is 0 Å². The zero-order valence-electron chi connectivity index (χ0n) is 11.2. The van der Waals surface area contributed by atoms with Gasteiger partial charge in [0, 0.05) is 6.54 Å². The molecule has 1 amide bonds. The summed E-state index contributed by atoms with van der Waals surface area (Å²) in [6.45, 7) is 1.52. The molecule has 0 spiro atoms. The standard InChI is InChI=1S/C14H17NO5/c1-11(9-16)15(8-7-13(17)18)14(19)20-10-12-5-3-2-4-6-12/h2-6,9,11H,7-8,10H2,1H3,(H,17,18)/t11-/m1/s1. The second kappa shape index (κ2) is 7.93. The fourth-order valence-electron chi connectivity index (χ4n) is 1.55. The summed E-state index contributed by atoms with van der Waals surface area (Å²) in [5.74, 6) is -1.04. The van der Waals surface area contributed by atoms with E-state index in [0.717, 1.165) is 10.5 Å². The molecule has 0 saturated heterocycles. The van der Waals surface area contributed by atoms with E-state index in [-0.39, 0.29) is 19.6 Å². The van der Waals surface area contributed by atoms with Crippen LogP contribution in [0.1, 0.15) is 18.9 Å². The van der Waals surface area contributed by atoms with Gasteiger partial charge in [0.05, 0.1) is 12.5 Å². The van der Waals surface area contributed by atoms with Crippen molar-refractivity contribution in [1.82, 2.24) is 4.90 Å². The molecular formula is C14H17NO5. The number of ether oxygens (including phenoxy) is 1. The number of hydrogen-bond donors (Lipinski definition) is 1. The zero-order valence-corrected chi connectivity index (χ0v) is 11.2. The van der Waals surface area contributed by atoms with E-state index in [0.29, 0.717) is 6.29 Å². The molecule has 6 heteroatoms. The van der Waals surface area contributed by atoms with Gasteiger partial charge >= 0.3 is 12.1 Å². The first-order chi connectivity index (χ1) is 9.54. The number of amides is 1. The normalized spacial score (nSPS) is 11.4. The lowest BCUT2D eigenvalue weighted by Crippen LogP contribution is -2.41. The molecular weight excluding hydrogens is 262 g/mol. The van der Waals surface area contributed by atoms with Crippen LogP contribution < -0.4 is 0 Å². The number of nitrogens with zero attached hydrogens (tertiary/aromatic N) is 1. The van der Waals surface area contributed by atoms with Gasteiger partial charge in [0.1, 0.15) is 12.9 Å². The number of hydrogen-bond acceptors (Lipinski definition) is 4. The average Bonchev–Trinajstić information content (AvgIpc) is 2.45. The monoisotopic (exact) mass is 279 g/mol. The molecule has 0 aliphatic rings. The first-order valence-corrected chi connectivity index (χ1v) is 6.19. The largest absolute Gasteiger partial charge is 0.481 e. The Morgan fingerprint density at radius 1 is 1.35 bits per heavy atom. The van der Waals surface area contributed by atoms with Gasteiger partial charge in [-0.1, -0.05) is 30.3 Å². The Morgan fingerprint density at radius 2 is 2.00 bits per heavy atom. The highest BCUT2D eigenvalue weighted by Gasteiger charge is 2.21. The molecule has 0 heterocycles. The SMILES string of the molecule is C[C@H](C=O)N(CCC(=O)O)C(=O)OCc1ccccc1. The van der Waals surface area contributed by atoms with Gasteiger partial charge in [-0.25, -0.2) is 4.79 Å². The van der Waals surface area contributed by atoms with Crippen molar-refractivity contribution in [1.29, 1.82) is 0 Å². The van der Waals surface area contributed by atoms with Crippen LogP contribution in [0.4, 0.5) is 4.79 Å². The van der Waals surface area contributed by atoms with Crippen molar-refractivity contribution >= 4 is 18.3 Å². The molecule has 0 aliphatic carbocycles. The van der Waals surface area contributed by atoms with Crippen molar-refractivity contribution < 1.29 is 24.2 Å². The molecule has 0 aliphatic heterocycles. The molecule has 0 unspecified atom stereocenters. The van der Waals surface area contributed by atoms with Crippen molar-refractivity contribution in [2.45, 2.75) is 26.0 Å². The molecule has 1 aromatic carbocycles. The van der Waals surface area contributed by atoms with Gasteiger partial charge in [0.25, 0.3) is 0 Å². The molecule has 20 heavy (non-hydrogen) atoms. The number of benzene rings is 1. The van der Waals surface area contributed by atoms with Gasteiger partial charge in [-0.3, -0.25) is 9.69 Å². The van der Waals surface area contributed by atoms with E-state index in [9.17, 15) is 14.4 Å². The van der Waals surface area contributed by atoms with Crippen LogP contribution in [0.3, 0.4) is 0 Å². The molecule has 6 nitrogen and oxygen atoms in total. The van der Waals surface area contributed by atoms with E-state index in [1.807, 2.05) is 18.2 Å². The van der Waals surface area contributed by atoms with Crippen molar-refractivity contribution in [3.05, 3.63) is 35.9 Å². The van der Waals surface area contributed by atoms with E-state index < -0.39 is 18.1 Å². The van der Waals surface area contributed by atoms with E-state index in [1.165, 1.54) is 6.92 Å². The summed E-state index contributed by atoms with van der Waals surface area (Å²) in [7, 11) is 0. The summed E-state index contributed by atoms with van der Waals surface area (Å²) >= 11 is 0. The third kappa shape index (κ3) is 5.09. The van der Waals surface area contributed by atoms with Crippen molar-refractivity contribution in [2.24, 2.45) is 0 Å². The molecule has 0 fully saturated rings. The number of carbonyl (C=O) groups excluding carboxylic acids is 2. The van der Waals surface area contributed by atoms with Crippen LogP contribution in [0.15, 0.2) is 30.3 Å². The summed E-state index contributed by atoms with van der Waals surface area (Å²) < 4.78 is 5.08. The van der Waals surface area contributed by atoms with E-state index in [4.69, 9.17) is 9.84 Å². The first kappa shape index (κ1) is 15.7. The summed E-state index contributed by atoms with van der Waals surface area (Å²) in [5, 5.41) is 8.64. The molecule has 108 valence electrons. The third-order valence-electron chi connectivity index (χ3n) is 2.69. The van der Waals surface area contributed by atoms with Gasteiger partial charge in [-0.2, -0.15) is 0 Å². The Morgan fingerprint density at radius 3 is 2.55 bits per heavy atom. The van der Waals surface area contributed by atoms with Crippen molar-refractivity contribution in [3.8, 4) is 0 Å². The molecule has 0 aromatic heterocycles. The highest BCUT2D eigenvalue weighted by Crippen LogP contribution is 2.06. The molecule has 1 rings (SSSR count). The molecule has 1 N–H and O–H groups in total. The maximum atomic E-state index is 11.9. The minimum absolute atomic E-state index is 0.0666. The predicted octanol–water partition coefficient (Wildman–Crippen LogP) is 1.69. The smallest absolute Gasteiger partial charge is 0.410 e. The minimum atomic E-state index is -1.04. The minimum Gasteiger partial charge on any atom is -0.481 e. The molecule has 1 atom stereocenters. The Bertz CT molecular complexity index is 460. The molecule has 0 bridgehead atoms. The van der Waals surface area contributed by atoms with Crippen molar-refractivity contribution in [3.63, 3.8) is 0 Å². The number of aldehydes is 1. The lowest BCUT2D eigenvalue weighted by molar-refractivity contribution is -0.137. The van der Waals surface area contributed by atoms with Crippen LogP contribution in [0.5, 0.6) is 0 Å². The zero-order chi connectivity index (χ0) is 15.0. The van der Waals surface area contributed by atoms with Gasteiger partial charge in [0.15, 0.2) is 0 Å². The topological polar surface area (TPSA) is 83.9 Å². The van der Waals surface area contributed by atoms with Crippen LogP contribution in [0.2, 0.25) is 0 Å². The number of rotatable bonds is 7.